The standard InChI is InChI=1S/C24H20NO5S2/c1-15(26)25-20-11-16(13-31-21-6-2-18(3-7-21)23(27)28)10-17(12-20)14-32-22-8-4-19(5-9-22)24(29)30/h2-9,11-12H,13-14H2,1H3,(H,25,26)(H,27,28)(H,29,30)/q-1. The third kappa shape index (κ3) is 6.90. The maximum atomic E-state index is 11.5. The maximum Gasteiger partial charge on any atom is 0.335 e. The first kappa shape index (κ1) is 23.4. The van der Waals surface area contributed by atoms with E-state index >= 15 is 0 Å². The summed E-state index contributed by atoms with van der Waals surface area (Å²) in [5, 5.41) is 20.8. The minimum Gasteiger partial charge on any atom is -0.478 e. The second-order valence-corrected chi connectivity index (χ2v) is 8.93. The van der Waals surface area contributed by atoms with Gasteiger partial charge >= 0.3 is 11.9 Å². The van der Waals surface area contributed by atoms with E-state index in [-0.39, 0.29) is 17.0 Å². The topological polar surface area (TPSA) is 104 Å². The zero-order valence-electron chi connectivity index (χ0n) is 17.1. The predicted molar refractivity (Wildman–Crippen MR) is 126 cm³/mol. The van der Waals surface area contributed by atoms with Gasteiger partial charge in [0.15, 0.2) is 0 Å². The van der Waals surface area contributed by atoms with Gasteiger partial charge in [-0.3, -0.25) is 4.79 Å². The molecule has 3 rings (SSSR count). The fraction of sp³-hybridized carbons (Fsp3) is 0.125. The number of carbonyl (C=O) groups excluding carboxylic acids is 1. The van der Waals surface area contributed by atoms with Crippen LogP contribution in [0.15, 0.2) is 70.5 Å². The van der Waals surface area contributed by atoms with Gasteiger partial charge in [0.2, 0.25) is 5.91 Å². The first-order valence-electron chi connectivity index (χ1n) is 9.55. The van der Waals surface area contributed by atoms with Crippen molar-refractivity contribution in [3.8, 4) is 0 Å². The van der Waals surface area contributed by atoms with Crippen LogP contribution in [-0.4, -0.2) is 28.1 Å². The molecule has 0 aliphatic carbocycles. The molecule has 3 N–H and O–H groups in total. The van der Waals surface area contributed by atoms with Crippen molar-refractivity contribution < 1.29 is 24.6 Å². The molecule has 0 saturated carbocycles. The van der Waals surface area contributed by atoms with Crippen LogP contribution in [0.4, 0.5) is 5.69 Å². The van der Waals surface area contributed by atoms with E-state index in [0.29, 0.717) is 17.2 Å². The van der Waals surface area contributed by atoms with Gasteiger partial charge in [-0.1, -0.05) is 5.69 Å². The molecule has 3 aromatic carbocycles. The lowest BCUT2D eigenvalue weighted by molar-refractivity contribution is -0.114. The minimum atomic E-state index is -0.961. The number of carboxylic acids is 2. The van der Waals surface area contributed by atoms with Crippen LogP contribution in [0.2, 0.25) is 0 Å². The van der Waals surface area contributed by atoms with E-state index < -0.39 is 11.9 Å². The van der Waals surface area contributed by atoms with Gasteiger partial charge in [0.05, 0.1) is 11.1 Å². The average Bonchev–Trinajstić information content (AvgIpc) is 2.76. The van der Waals surface area contributed by atoms with E-state index in [9.17, 15) is 14.4 Å². The third-order valence-corrected chi connectivity index (χ3v) is 6.41. The number of hydrogen-bond donors (Lipinski definition) is 3. The summed E-state index contributed by atoms with van der Waals surface area (Å²) in [6, 6.07) is 20.5. The van der Waals surface area contributed by atoms with Crippen LogP contribution in [-0.2, 0) is 16.3 Å². The summed E-state index contributed by atoms with van der Waals surface area (Å²) in [7, 11) is 0. The number of carbonyl (C=O) groups is 3. The second-order valence-electron chi connectivity index (χ2n) is 6.84. The lowest BCUT2D eigenvalue weighted by Crippen LogP contribution is -2.06. The normalized spacial score (nSPS) is 10.5. The van der Waals surface area contributed by atoms with Crippen LogP contribution in [0.1, 0.15) is 38.8 Å². The average molecular weight is 467 g/mol. The zero-order valence-corrected chi connectivity index (χ0v) is 18.8. The Morgan fingerprint density at radius 3 is 1.53 bits per heavy atom. The third-order valence-electron chi connectivity index (χ3n) is 4.29. The summed E-state index contributed by atoms with van der Waals surface area (Å²) in [5.41, 5.74) is 2.97. The summed E-state index contributed by atoms with van der Waals surface area (Å²) in [4.78, 5) is 35.4. The van der Waals surface area contributed by atoms with Gasteiger partial charge in [0.1, 0.15) is 0 Å². The molecule has 3 aromatic rings. The molecular formula is C24H20NO5S2-. The van der Waals surface area contributed by atoms with Gasteiger partial charge in [-0.2, -0.15) is 6.07 Å². The fourth-order valence-electron chi connectivity index (χ4n) is 2.84. The minimum absolute atomic E-state index is 0.165. The van der Waals surface area contributed by atoms with Crippen molar-refractivity contribution in [2.24, 2.45) is 0 Å². The van der Waals surface area contributed by atoms with E-state index in [0.717, 1.165) is 20.9 Å². The van der Waals surface area contributed by atoms with Crippen LogP contribution in [0, 0.1) is 6.07 Å². The number of benzene rings is 3. The highest BCUT2D eigenvalue weighted by Crippen LogP contribution is 2.28. The molecule has 8 heteroatoms. The number of anilines is 1. The Labute approximate surface area is 194 Å². The lowest BCUT2D eigenvalue weighted by atomic mass is 10.1. The first-order chi connectivity index (χ1) is 15.3. The van der Waals surface area contributed by atoms with Crippen LogP contribution < -0.4 is 5.32 Å². The second kappa shape index (κ2) is 10.9. The summed E-state index contributed by atoms with van der Waals surface area (Å²) in [6.07, 6.45) is 0. The molecule has 164 valence electrons. The molecule has 0 heterocycles. The van der Waals surface area contributed by atoms with E-state index in [1.165, 1.54) is 6.92 Å². The number of hydrogen-bond acceptors (Lipinski definition) is 5. The van der Waals surface area contributed by atoms with Gasteiger partial charge < -0.3 is 15.5 Å². The Balaban J connectivity index is 1.71. The molecule has 0 aliphatic rings. The number of aromatic carboxylic acids is 2. The fourth-order valence-corrected chi connectivity index (χ4v) is 4.45. The van der Waals surface area contributed by atoms with E-state index in [4.69, 9.17) is 10.2 Å². The molecule has 0 bridgehead atoms. The zero-order chi connectivity index (χ0) is 23.1. The SMILES string of the molecule is CC(=O)Nc1cc(CSc2ccc(C(=O)O)cc2)[c-]c(CSc2ccc(C(=O)O)cc2)c1. The quantitative estimate of drug-likeness (QED) is 0.285. The summed E-state index contributed by atoms with van der Waals surface area (Å²) in [6.45, 7) is 1.45. The van der Waals surface area contributed by atoms with Crippen molar-refractivity contribution in [3.63, 3.8) is 0 Å². The van der Waals surface area contributed by atoms with Crippen LogP contribution >= 0.6 is 23.5 Å². The Bertz CT molecular complexity index is 1050. The summed E-state index contributed by atoms with van der Waals surface area (Å²) < 4.78 is 0. The molecule has 32 heavy (non-hydrogen) atoms. The van der Waals surface area contributed by atoms with Crippen LogP contribution in [0.5, 0.6) is 0 Å². The molecular weight excluding hydrogens is 446 g/mol. The Morgan fingerprint density at radius 1 is 0.781 bits per heavy atom. The molecule has 6 nitrogen and oxygen atoms in total. The highest BCUT2D eigenvalue weighted by Gasteiger charge is 2.04. The molecule has 0 aromatic heterocycles. The van der Waals surface area contributed by atoms with Crippen molar-refractivity contribution >= 4 is 47.1 Å². The molecule has 1 amide bonds. The van der Waals surface area contributed by atoms with E-state index in [2.05, 4.69) is 11.4 Å². The van der Waals surface area contributed by atoms with Gasteiger partial charge in [-0.05, 0) is 48.5 Å². The predicted octanol–water partition coefficient (Wildman–Crippen LogP) is 5.43. The smallest absolute Gasteiger partial charge is 0.335 e. The van der Waals surface area contributed by atoms with Crippen molar-refractivity contribution in [3.05, 3.63) is 89.0 Å². The van der Waals surface area contributed by atoms with Crippen molar-refractivity contribution in [1.82, 2.24) is 0 Å². The Hall–Kier alpha value is -3.23. The molecule has 0 saturated heterocycles. The Morgan fingerprint density at radius 2 is 1.19 bits per heavy atom. The van der Waals surface area contributed by atoms with Crippen molar-refractivity contribution in [2.45, 2.75) is 28.2 Å². The molecule has 0 atom stereocenters. The molecule has 0 fully saturated rings. The highest BCUT2D eigenvalue weighted by atomic mass is 32.2. The molecule has 0 radical (unpaired) electrons. The van der Waals surface area contributed by atoms with E-state index in [1.54, 1.807) is 72.1 Å². The molecule has 0 aliphatic heterocycles. The summed E-state index contributed by atoms with van der Waals surface area (Å²) in [5.74, 6) is -0.882. The largest absolute Gasteiger partial charge is 0.478 e. The summed E-state index contributed by atoms with van der Waals surface area (Å²) >= 11 is 3.10. The number of carboxylic acid groups (broad SMARTS) is 2. The van der Waals surface area contributed by atoms with Gasteiger partial charge in [-0.15, -0.1) is 46.8 Å². The van der Waals surface area contributed by atoms with Gasteiger partial charge in [-0.25, -0.2) is 9.59 Å². The molecule has 0 spiro atoms. The van der Waals surface area contributed by atoms with Crippen molar-refractivity contribution in [1.29, 1.82) is 0 Å². The molecule has 0 unspecified atom stereocenters. The monoisotopic (exact) mass is 466 g/mol. The number of amides is 1. The number of rotatable bonds is 9. The van der Waals surface area contributed by atoms with E-state index in [1.807, 2.05) is 12.1 Å². The van der Waals surface area contributed by atoms with Crippen LogP contribution in [0.25, 0.3) is 0 Å². The lowest BCUT2D eigenvalue weighted by Gasteiger charge is -2.18. The van der Waals surface area contributed by atoms with Crippen LogP contribution in [0.3, 0.4) is 0 Å². The van der Waals surface area contributed by atoms with Crippen molar-refractivity contribution in [2.75, 3.05) is 5.32 Å². The number of thioether (sulfide) groups is 2. The highest BCUT2D eigenvalue weighted by molar-refractivity contribution is 7.98. The number of nitrogens with one attached hydrogen (secondary N) is 1. The Kier molecular flexibility index (Phi) is 7.97. The maximum absolute atomic E-state index is 11.5. The van der Waals surface area contributed by atoms with Gasteiger partial charge in [0, 0.05) is 28.2 Å². The first-order valence-corrected chi connectivity index (χ1v) is 11.5. The van der Waals surface area contributed by atoms with Gasteiger partial charge in [0.25, 0.3) is 0 Å².